The van der Waals surface area contributed by atoms with Gasteiger partial charge in [0.25, 0.3) is 0 Å². The zero-order chi connectivity index (χ0) is 16.0. The summed E-state index contributed by atoms with van der Waals surface area (Å²) in [6, 6.07) is 11.7. The second kappa shape index (κ2) is 6.98. The summed E-state index contributed by atoms with van der Waals surface area (Å²) in [5.41, 5.74) is 2.33. The van der Waals surface area contributed by atoms with Crippen LogP contribution in [0.5, 0.6) is 0 Å². The molecule has 0 saturated heterocycles. The lowest BCUT2D eigenvalue weighted by atomic mass is 9.87. The van der Waals surface area contributed by atoms with Crippen molar-refractivity contribution in [1.82, 2.24) is 5.32 Å². The first-order valence-electron chi connectivity index (χ1n) is 7.18. The van der Waals surface area contributed by atoms with Gasteiger partial charge < -0.3 is 9.15 Å². The minimum atomic E-state index is -0.497. The van der Waals surface area contributed by atoms with E-state index in [1.165, 1.54) is 11.8 Å². The van der Waals surface area contributed by atoms with Gasteiger partial charge in [-0.05, 0) is 34.8 Å². The number of nitrogens with one attached hydrogen (secondary N) is 1. The quantitative estimate of drug-likeness (QED) is 0.906. The molecule has 0 aliphatic carbocycles. The fraction of sp³-hybridized carbons (Fsp3) is 0.278. The van der Waals surface area contributed by atoms with E-state index in [-0.39, 0.29) is 12.0 Å². The number of carbonyl (C=O) groups is 1. The van der Waals surface area contributed by atoms with Crippen LogP contribution in [-0.2, 0) is 16.8 Å². The second-order valence-corrected chi connectivity index (χ2v) is 6.02. The minimum Gasteiger partial charge on any atom is -0.465 e. The average Bonchev–Trinajstić information content (AvgIpc) is 2.98. The van der Waals surface area contributed by atoms with E-state index >= 15 is 0 Å². The Morgan fingerprint density at radius 3 is 2.55 bits per heavy atom. The van der Waals surface area contributed by atoms with Gasteiger partial charge in [0.1, 0.15) is 12.4 Å². The summed E-state index contributed by atoms with van der Waals surface area (Å²) in [5, 5.41) is 2.53. The molecule has 1 N–H and O–H groups in total. The van der Waals surface area contributed by atoms with Gasteiger partial charge in [-0.1, -0.05) is 45.0 Å². The monoisotopic (exact) mass is 299 g/mol. The number of ether oxygens (including phenoxy) is 1. The van der Waals surface area contributed by atoms with Crippen LogP contribution in [-0.4, -0.2) is 6.09 Å². The molecule has 0 spiro atoms. The summed E-state index contributed by atoms with van der Waals surface area (Å²) in [6.07, 6.45) is 4.21. The third-order valence-corrected chi connectivity index (χ3v) is 3.18. The maximum absolute atomic E-state index is 11.6. The Morgan fingerprint density at radius 2 is 1.95 bits per heavy atom. The lowest BCUT2D eigenvalue weighted by Gasteiger charge is -2.19. The van der Waals surface area contributed by atoms with E-state index in [0.717, 1.165) is 5.56 Å². The zero-order valence-corrected chi connectivity index (χ0v) is 13.1. The molecule has 1 aromatic heterocycles. The van der Waals surface area contributed by atoms with E-state index in [9.17, 15) is 4.79 Å². The molecule has 2 rings (SSSR count). The Hall–Kier alpha value is -2.49. The van der Waals surface area contributed by atoms with Crippen molar-refractivity contribution in [3.05, 3.63) is 65.7 Å². The van der Waals surface area contributed by atoms with E-state index < -0.39 is 6.09 Å². The number of alkyl carbamates (subject to hydrolysis) is 1. The number of amides is 1. The van der Waals surface area contributed by atoms with Crippen molar-refractivity contribution in [2.45, 2.75) is 32.8 Å². The van der Waals surface area contributed by atoms with Crippen LogP contribution in [0.25, 0.3) is 6.08 Å². The van der Waals surface area contributed by atoms with Crippen molar-refractivity contribution in [3.8, 4) is 0 Å². The normalized spacial score (nSPS) is 11.6. The molecule has 0 saturated carbocycles. The SMILES string of the molecule is CC(C)(C)c1ccc(COC(=O)NC=Cc2ccco2)cc1. The molecular formula is C18H21NO3. The summed E-state index contributed by atoms with van der Waals surface area (Å²) < 4.78 is 10.2. The number of rotatable bonds is 4. The fourth-order valence-corrected chi connectivity index (χ4v) is 1.87. The van der Waals surface area contributed by atoms with Crippen molar-refractivity contribution in [2.24, 2.45) is 0 Å². The summed E-state index contributed by atoms with van der Waals surface area (Å²) in [7, 11) is 0. The Kier molecular flexibility index (Phi) is 5.04. The topological polar surface area (TPSA) is 51.5 Å². The van der Waals surface area contributed by atoms with Gasteiger partial charge in [-0.15, -0.1) is 0 Å². The molecule has 4 heteroatoms. The Morgan fingerprint density at radius 1 is 1.23 bits per heavy atom. The predicted octanol–water partition coefficient (Wildman–Crippen LogP) is 4.47. The summed E-state index contributed by atoms with van der Waals surface area (Å²) in [5.74, 6) is 0.665. The highest BCUT2D eigenvalue weighted by atomic mass is 16.5. The highest BCUT2D eigenvalue weighted by Gasteiger charge is 2.12. The highest BCUT2D eigenvalue weighted by molar-refractivity contribution is 5.69. The molecular weight excluding hydrogens is 278 g/mol. The maximum atomic E-state index is 11.6. The van der Waals surface area contributed by atoms with Crippen molar-refractivity contribution in [1.29, 1.82) is 0 Å². The number of carbonyl (C=O) groups excluding carboxylic acids is 1. The molecule has 0 aliphatic heterocycles. The van der Waals surface area contributed by atoms with Crippen LogP contribution in [0.2, 0.25) is 0 Å². The van der Waals surface area contributed by atoms with Gasteiger partial charge in [0, 0.05) is 6.20 Å². The number of hydrogen-bond donors (Lipinski definition) is 1. The third kappa shape index (κ3) is 4.81. The van der Waals surface area contributed by atoms with Crippen molar-refractivity contribution in [2.75, 3.05) is 0 Å². The average molecular weight is 299 g/mol. The summed E-state index contributed by atoms with van der Waals surface area (Å²) in [6.45, 7) is 6.73. The van der Waals surface area contributed by atoms with Crippen molar-refractivity contribution in [3.63, 3.8) is 0 Å². The molecule has 1 aromatic carbocycles. The van der Waals surface area contributed by atoms with E-state index in [1.54, 1.807) is 24.5 Å². The second-order valence-electron chi connectivity index (χ2n) is 6.02. The minimum absolute atomic E-state index is 0.118. The summed E-state index contributed by atoms with van der Waals surface area (Å²) in [4.78, 5) is 11.6. The van der Waals surface area contributed by atoms with Gasteiger partial charge in [-0.2, -0.15) is 0 Å². The van der Waals surface area contributed by atoms with E-state index in [2.05, 4.69) is 38.2 Å². The van der Waals surface area contributed by atoms with Gasteiger partial charge in [-0.3, -0.25) is 5.32 Å². The third-order valence-electron chi connectivity index (χ3n) is 3.18. The van der Waals surface area contributed by atoms with Crippen LogP contribution in [0, 0.1) is 0 Å². The smallest absolute Gasteiger partial charge is 0.411 e. The lowest BCUT2D eigenvalue weighted by Crippen LogP contribution is -2.18. The molecule has 22 heavy (non-hydrogen) atoms. The highest BCUT2D eigenvalue weighted by Crippen LogP contribution is 2.22. The van der Waals surface area contributed by atoms with Gasteiger partial charge in [0.05, 0.1) is 6.26 Å². The van der Waals surface area contributed by atoms with Crippen LogP contribution >= 0.6 is 0 Å². The van der Waals surface area contributed by atoms with Crippen LogP contribution in [0.1, 0.15) is 37.7 Å². The largest absolute Gasteiger partial charge is 0.465 e. The van der Waals surface area contributed by atoms with Crippen LogP contribution in [0.15, 0.2) is 53.3 Å². The molecule has 0 radical (unpaired) electrons. The van der Waals surface area contributed by atoms with Crippen LogP contribution in [0.4, 0.5) is 4.79 Å². The Bertz CT molecular complexity index is 619. The zero-order valence-electron chi connectivity index (χ0n) is 13.1. The molecule has 0 aliphatic rings. The van der Waals surface area contributed by atoms with Gasteiger partial charge in [0.2, 0.25) is 0 Å². The molecule has 1 heterocycles. The first-order valence-corrected chi connectivity index (χ1v) is 7.18. The number of benzene rings is 1. The molecule has 0 bridgehead atoms. The number of furan rings is 1. The van der Waals surface area contributed by atoms with E-state index in [0.29, 0.717) is 5.76 Å². The molecule has 0 atom stereocenters. The van der Waals surface area contributed by atoms with Gasteiger partial charge in [0.15, 0.2) is 0 Å². The van der Waals surface area contributed by atoms with Gasteiger partial charge >= 0.3 is 6.09 Å². The van der Waals surface area contributed by atoms with E-state index in [1.807, 2.05) is 12.1 Å². The standard InChI is InChI=1S/C18H21NO3/c1-18(2,3)15-8-6-14(7-9-15)13-22-17(20)19-11-10-16-5-4-12-21-16/h4-12H,13H2,1-3H3,(H,19,20). The molecule has 116 valence electrons. The van der Waals surface area contributed by atoms with Crippen LogP contribution in [0.3, 0.4) is 0 Å². The summed E-state index contributed by atoms with van der Waals surface area (Å²) >= 11 is 0. The molecule has 0 fully saturated rings. The first-order chi connectivity index (χ1) is 10.4. The van der Waals surface area contributed by atoms with Crippen molar-refractivity contribution >= 4 is 12.2 Å². The first kappa shape index (κ1) is 15.9. The molecule has 0 unspecified atom stereocenters. The molecule has 4 nitrogen and oxygen atoms in total. The molecule has 1 amide bonds. The lowest BCUT2D eigenvalue weighted by molar-refractivity contribution is 0.143. The Balaban J connectivity index is 1.78. The fourth-order valence-electron chi connectivity index (χ4n) is 1.87. The van der Waals surface area contributed by atoms with E-state index in [4.69, 9.17) is 9.15 Å². The Labute approximate surface area is 130 Å². The predicted molar refractivity (Wildman–Crippen MR) is 86.2 cm³/mol. The number of hydrogen-bond acceptors (Lipinski definition) is 3. The maximum Gasteiger partial charge on any atom is 0.411 e. The van der Waals surface area contributed by atoms with Crippen molar-refractivity contribution < 1.29 is 13.9 Å². The van der Waals surface area contributed by atoms with Crippen LogP contribution < -0.4 is 5.32 Å². The molecule has 2 aromatic rings. The van der Waals surface area contributed by atoms with Gasteiger partial charge in [-0.25, -0.2) is 4.79 Å².